The van der Waals surface area contributed by atoms with E-state index in [1.54, 1.807) is 36.5 Å². The first-order valence-electron chi connectivity index (χ1n) is 7.95. The smallest absolute Gasteiger partial charge is 0.207 e. The van der Waals surface area contributed by atoms with Gasteiger partial charge in [-0.2, -0.15) is 5.26 Å². The summed E-state index contributed by atoms with van der Waals surface area (Å²) >= 11 is 1.53. The summed E-state index contributed by atoms with van der Waals surface area (Å²) in [6, 6.07) is 10.9. The van der Waals surface area contributed by atoms with Crippen molar-refractivity contribution >= 4 is 23.2 Å². The van der Waals surface area contributed by atoms with Gasteiger partial charge in [-0.05, 0) is 43.7 Å². The summed E-state index contributed by atoms with van der Waals surface area (Å²) in [7, 11) is 1.50. The Balaban J connectivity index is 2.05. The summed E-state index contributed by atoms with van der Waals surface area (Å²) in [4.78, 5) is 17.1. The molecule has 26 heavy (non-hydrogen) atoms. The van der Waals surface area contributed by atoms with Crippen molar-refractivity contribution in [2.75, 3.05) is 7.11 Å². The summed E-state index contributed by atoms with van der Waals surface area (Å²) < 4.78 is 7.25. The summed E-state index contributed by atoms with van der Waals surface area (Å²) in [6.45, 7) is 3.92. The molecule has 0 amide bonds. The number of carbonyl (C=O) groups is 1. The van der Waals surface area contributed by atoms with Gasteiger partial charge < -0.3 is 4.74 Å². The number of nitrogens with zero attached hydrogens (tertiary/aromatic N) is 3. The molecule has 0 N–H and O–H groups in total. The SMILES string of the molecule is COc1ccccc1C(=O)/C(C#N)=C/c1cc(C)n(-c2nccs2)c1C. The molecule has 0 fully saturated rings. The van der Waals surface area contributed by atoms with Crippen molar-refractivity contribution in [3.63, 3.8) is 0 Å². The zero-order chi connectivity index (χ0) is 18.7. The maximum Gasteiger partial charge on any atom is 0.207 e. The number of aromatic nitrogens is 2. The van der Waals surface area contributed by atoms with Crippen molar-refractivity contribution in [1.29, 1.82) is 5.26 Å². The third-order valence-corrected chi connectivity index (χ3v) is 4.85. The topological polar surface area (TPSA) is 67.9 Å². The van der Waals surface area contributed by atoms with E-state index < -0.39 is 0 Å². The molecular weight excluding hydrogens is 346 g/mol. The largest absolute Gasteiger partial charge is 0.496 e. The van der Waals surface area contributed by atoms with E-state index >= 15 is 0 Å². The lowest BCUT2D eigenvalue weighted by molar-refractivity contribution is 0.103. The number of thiazole rings is 1. The number of benzene rings is 1. The Hall–Kier alpha value is -3.17. The average molecular weight is 363 g/mol. The van der Waals surface area contributed by atoms with Gasteiger partial charge in [0.05, 0.1) is 12.7 Å². The lowest BCUT2D eigenvalue weighted by Gasteiger charge is -2.07. The predicted octanol–water partition coefficient (Wildman–Crippen LogP) is 4.35. The lowest BCUT2D eigenvalue weighted by atomic mass is 10.0. The van der Waals surface area contributed by atoms with Crippen LogP contribution in [0.1, 0.15) is 27.3 Å². The Labute approximate surface area is 155 Å². The number of ketones is 1. The average Bonchev–Trinajstić information content (AvgIpc) is 3.27. The van der Waals surface area contributed by atoms with Gasteiger partial charge in [-0.15, -0.1) is 11.3 Å². The zero-order valence-corrected chi connectivity index (χ0v) is 15.5. The maximum absolute atomic E-state index is 12.8. The molecule has 3 rings (SSSR count). The van der Waals surface area contributed by atoms with Gasteiger partial charge in [0.2, 0.25) is 5.78 Å². The fourth-order valence-corrected chi connectivity index (χ4v) is 3.59. The van der Waals surface area contributed by atoms with Gasteiger partial charge in [-0.1, -0.05) is 12.1 Å². The molecule has 130 valence electrons. The molecule has 3 aromatic rings. The van der Waals surface area contributed by atoms with Crippen LogP contribution < -0.4 is 4.74 Å². The number of aryl methyl sites for hydroxylation is 1. The van der Waals surface area contributed by atoms with E-state index in [1.807, 2.05) is 35.9 Å². The highest BCUT2D eigenvalue weighted by atomic mass is 32.1. The summed E-state index contributed by atoms with van der Waals surface area (Å²) in [5.74, 6) is 0.0934. The minimum Gasteiger partial charge on any atom is -0.496 e. The molecule has 1 aromatic carbocycles. The first kappa shape index (κ1) is 17.6. The standard InChI is InChI=1S/C20H17N3O2S/c1-13-10-15(14(2)23(13)20-22-8-9-26-20)11-16(12-21)19(24)17-6-4-5-7-18(17)25-3/h4-11H,1-3H3/b16-11+. The Bertz CT molecular complexity index is 1020. The van der Waals surface area contributed by atoms with Crippen LogP contribution in [0.25, 0.3) is 11.2 Å². The molecular formula is C20H17N3O2S. The molecule has 0 aliphatic rings. The quantitative estimate of drug-likeness (QED) is 0.384. The van der Waals surface area contributed by atoms with Crippen LogP contribution in [-0.4, -0.2) is 22.4 Å². The molecule has 0 aliphatic heterocycles. The number of nitriles is 1. The normalized spacial score (nSPS) is 11.2. The summed E-state index contributed by atoms with van der Waals surface area (Å²) in [6.07, 6.45) is 3.38. The molecule has 0 unspecified atom stereocenters. The molecule has 0 atom stereocenters. The van der Waals surface area contributed by atoms with Gasteiger partial charge in [0, 0.05) is 23.0 Å². The molecule has 0 saturated carbocycles. The van der Waals surface area contributed by atoms with Crippen LogP contribution in [0.4, 0.5) is 0 Å². The van der Waals surface area contributed by atoms with E-state index in [4.69, 9.17) is 4.74 Å². The molecule has 2 aromatic heterocycles. The minimum atomic E-state index is -0.357. The number of allylic oxidation sites excluding steroid dienone is 1. The van der Waals surface area contributed by atoms with Gasteiger partial charge in [0.15, 0.2) is 5.13 Å². The first-order valence-corrected chi connectivity index (χ1v) is 8.83. The minimum absolute atomic E-state index is 0.0638. The Morgan fingerprint density at radius 3 is 2.77 bits per heavy atom. The molecule has 5 nitrogen and oxygen atoms in total. The van der Waals surface area contributed by atoms with E-state index in [-0.39, 0.29) is 11.4 Å². The molecule has 0 aliphatic carbocycles. The Morgan fingerprint density at radius 1 is 1.35 bits per heavy atom. The van der Waals surface area contributed by atoms with E-state index in [9.17, 15) is 10.1 Å². The number of para-hydroxylation sites is 1. The fraction of sp³-hybridized carbons (Fsp3) is 0.150. The highest BCUT2D eigenvalue weighted by Gasteiger charge is 2.18. The van der Waals surface area contributed by atoms with E-state index in [1.165, 1.54) is 18.4 Å². The molecule has 0 saturated heterocycles. The molecule has 0 spiro atoms. The van der Waals surface area contributed by atoms with Crippen LogP contribution in [0.2, 0.25) is 0 Å². The number of methoxy groups -OCH3 is 1. The summed E-state index contributed by atoms with van der Waals surface area (Å²) in [5, 5.41) is 12.3. The third-order valence-electron chi connectivity index (χ3n) is 4.10. The van der Waals surface area contributed by atoms with Crippen molar-refractivity contribution in [2.45, 2.75) is 13.8 Å². The zero-order valence-electron chi connectivity index (χ0n) is 14.7. The van der Waals surface area contributed by atoms with Crippen molar-refractivity contribution in [2.24, 2.45) is 0 Å². The molecule has 0 radical (unpaired) electrons. The number of hydrogen-bond acceptors (Lipinski definition) is 5. The predicted molar refractivity (Wildman–Crippen MR) is 102 cm³/mol. The number of Topliss-reactive ketones (excluding diaryl/α,β-unsaturated/α-hetero) is 1. The highest BCUT2D eigenvalue weighted by Crippen LogP contribution is 2.26. The van der Waals surface area contributed by atoms with Gasteiger partial charge in [0.1, 0.15) is 17.4 Å². The van der Waals surface area contributed by atoms with Crippen molar-refractivity contribution in [1.82, 2.24) is 9.55 Å². The van der Waals surface area contributed by atoms with Crippen LogP contribution in [-0.2, 0) is 0 Å². The number of hydrogen-bond donors (Lipinski definition) is 0. The highest BCUT2D eigenvalue weighted by molar-refractivity contribution is 7.12. The maximum atomic E-state index is 12.8. The number of ether oxygens (including phenoxy) is 1. The molecule has 0 bridgehead atoms. The number of carbonyl (C=O) groups excluding carboxylic acids is 1. The van der Waals surface area contributed by atoms with E-state index in [2.05, 4.69) is 4.98 Å². The molecule has 2 heterocycles. The van der Waals surface area contributed by atoms with Crippen molar-refractivity contribution < 1.29 is 9.53 Å². The van der Waals surface area contributed by atoms with Crippen molar-refractivity contribution in [3.8, 4) is 17.0 Å². The van der Waals surface area contributed by atoms with Crippen LogP contribution in [0.5, 0.6) is 5.75 Å². The van der Waals surface area contributed by atoms with Gasteiger partial charge in [-0.25, -0.2) is 4.98 Å². The van der Waals surface area contributed by atoms with Gasteiger partial charge in [-0.3, -0.25) is 9.36 Å². The molecule has 6 heteroatoms. The Morgan fingerprint density at radius 2 is 2.12 bits per heavy atom. The monoisotopic (exact) mass is 363 g/mol. The van der Waals surface area contributed by atoms with Gasteiger partial charge in [0.25, 0.3) is 0 Å². The van der Waals surface area contributed by atoms with E-state index in [0.29, 0.717) is 11.3 Å². The second-order valence-electron chi connectivity index (χ2n) is 5.68. The fourth-order valence-electron chi connectivity index (χ4n) is 2.84. The second kappa shape index (κ2) is 7.38. The summed E-state index contributed by atoms with van der Waals surface area (Å²) in [5.41, 5.74) is 3.17. The van der Waals surface area contributed by atoms with Crippen LogP contribution in [0, 0.1) is 25.2 Å². The Kier molecular flexibility index (Phi) is 5.01. The van der Waals surface area contributed by atoms with Crippen LogP contribution in [0.3, 0.4) is 0 Å². The van der Waals surface area contributed by atoms with Crippen LogP contribution >= 0.6 is 11.3 Å². The first-order chi connectivity index (χ1) is 12.6. The third kappa shape index (κ3) is 3.17. The van der Waals surface area contributed by atoms with Crippen molar-refractivity contribution in [3.05, 3.63) is 70.0 Å². The van der Waals surface area contributed by atoms with Gasteiger partial charge >= 0.3 is 0 Å². The van der Waals surface area contributed by atoms with E-state index in [0.717, 1.165) is 22.1 Å². The van der Waals surface area contributed by atoms with Crippen LogP contribution in [0.15, 0.2) is 47.5 Å². The second-order valence-corrected chi connectivity index (χ2v) is 6.55. The lowest BCUT2D eigenvalue weighted by Crippen LogP contribution is -2.04. The number of rotatable bonds is 5.